The molecule has 0 aliphatic carbocycles. The molecule has 1 heterocycles. The van der Waals surface area contributed by atoms with E-state index in [1.165, 1.54) is 0 Å². The zero-order chi connectivity index (χ0) is 8.39. The number of aromatic nitrogens is 1. The summed E-state index contributed by atoms with van der Waals surface area (Å²) < 4.78 is 0. The number of nitrogens with zero attached hydrogens (tertiary/aromatic N) is 1. The van der Waals surface area contributed by atoms with Gasteiger partial charge in [0.2, 0.25) is 0 Å². The van der Waals surface area contributed by atoms with Gasteiger partial charge in [-0.2, -0.15) is 0 Å². The highest BCUT2D eigenvalue weighted by atomic mass is 14.7. The van der Waals surface area contributed by atoms with Gasteiger partial charge in [-0.1, -0.05) is 30.2 Å². The molecule has 0 aliphatic rings. The minimum absolute atomic E-state index is 0.689. The molecule has 0 saturated heterocycles. The van der Waals surface area contributed by atoms with Crippen molar-refractivity contribution in [3.63, 3.8) is 0 Å². The van der Waals surface area contributed by atoms with Gasteiger partial charge in [0.15, 0.2) is 0 Å². The molecule has 0 amide bonds. The van der Waals surface area contributed by atoms with Crippen LogP contribution >= 0.6 is 0 Å². The fourth-order valence-corrected chi connectivity index (χ4v) is 1.16. The van der Waals surface area contributed by atoms with Crippen LogP contribution < -0.4 is 0 Å². The Hall–Kier alpha value is -1.81. The first kappa shape index (κ1) is 6.87. The highest BCUT2D eigenvalue weighted by Gasteiger charge is 1.92. The van der Waals surface area contributed by atoms with Crippen molar-refractivity contribution in [3.05, 3.63) is 42.2 Å². The zero-order valence-corrected chi connectivity index (χ0v) is 6.49. The van der Waals surface area contributed by atoms with Crippen LogP contribution in [0.2, 0.25) is 0 Å². The summed E-state index contributed by atoms with van der Waals surface area (Å²) >= 11 is 0. The molecular weight excluding hydrogens is 146 g/mol. The van der Waals surface area contributed by atoms with Crippen LogP contribution in [0.15, 0.2) is 36.5 Å². The summed E-state index contributed by atoms with van der Waals surface area (Å²) in [6.45, 7) is 0. The fourth-order valence-electron chi connectivity index (χ4n) is 1.16. The lowest BCUT2D eigenvalue weighted by Crippen LogP contribution is -1.81. The Morgan fingerprint density at radius 1 is 1.17 bits per heavy atom. The SMILES string of the molecule is C#Cc1cc2ccccc2cn1. The third-order valence-corrected chi connectivity index (χ3v) is 1.78. The van der Waals surface area contributed by atoms with Gasteiger partial charge in [-0.05, 0) is 11.5 Å². The van der Waals surface area contributed by atoms with Gasteiger partial charge in [0.05, 0.1) is 0 Å². The lowest BCUT2D eigenvalue weighted by molar-refractivity contribution is 1.32. The van der Waals surface area contributed by atoms with Crippen LogP contribution in [0.1, 0.15) is 5.69 Å². The van der Waals surface area contributed by atoms with Gasteiger partial charge in [-0.3, -0.25) is 0 Å². The van der Waals surface area contributed by atoms with E-state index < -0.39 is 0 Å². The molecule has 1 aromatic carbocycles. The van der Waals surface area contributed by atoms with E-state index >= 15 is 0 Å². The van der Waals surface area contributed by atoms with Crippen molar-refractivity contribution in [2.45, 2.75) is 0 Å². The van der Waals surface area contributed by atoms with Crippen LogP contribution in [-0.4, -0.2) is 4.98 Å². The van der Waals surface area contributed by atoms with Gasteiger partial charge in [0.25, 0.3) is 0 Å². The lowest BCUT2D eigenvalue weighted by atomic mass is 10.1. The topological polar surface area (TPSA) is 12.9 Å². The number of pyridine rings is 1. The Labute approximate surface area is 71.1 Å². The molecule has 2 rings (SSSR count). The standard InChI is InChI=1S/C11H7N/c1-2-11-7-9-5-3-4-6-10(9)8-12-11/h1,3-8H. The van der Waals surface area contributed by atoms with E-state index in [-0.39, 0.29) is 0 Å². The summed E-state index contributed by atoms with van der Waals surface area (Å²) in [6, 6.07) is 9.93. The lowest BCUT2D eigenvalue weighted by Gasteiger charge is -1.95. The maximum absolute atomic E-state index is 5.23. The monoisotopic (exact) mass is 153 g/mol. The van der Waals surface area contributed by atoms with Crippen LogP contribution in [0.25, 0.3) is 10.8 Å². The van der Waals surface area contributed by atoms with E-state index in [1.54, 1.807) is 6.20 Å². The number of benzene rings is 1. The Bertz CT molecular complexity index is 452. The molecule has 0 radical (unpaired) electrons. The predicted octanol–water partition coefficient (Wildman–Crippen LogP) is 2.22. The van der Waals surface area contributed by atoms with Gasteiger partial charge in [-0.15, -0.1) is 6.42 Å². The van der Waals surface area contributed by atoms with Crippen molar-refractivity contribution < 1.29 is 0 Å². The molecular formula is C11H7N. The summed E-state index contributed by atoms with van der Waals surface area (Å²) in [7, 11) is 0. The maximum Gasteiger partial charge on any atom is 0.113 e. The summed E-state index contributed by atoms with van der Waals surface area (Å²) in [4.78, 5) is 4.09. The largest absolute Gasteiger partial charge is 0.247 e. The van der Waals surface area contributed by atoms with Crippen molar-refractivity contribution in [2.24, 2.45) is 0 Å². The van der Waals surface area contributed by atoms with Gasteiger partial charge < -0.3 is 0 Å². The number of hydrogen-bond acceptors (Lipinski definition) is 1. The van der Waals surface area contributed by atoms with Crippen molar-refractivity contribution in [1.82, 2.24) is 4.98 Å². The number of hydrogen-bond donors (Lipinski definition) is 0. The predicted molar refractivity (Wildman–Crippen MR) is 49.7 cm³/mol. The van der Waals surface area contributed by atoms with E-state index in [9.17, 15) is 0 Å². The van der Waals surface area contributed by atoms with Crippen molar-refractivity contribution in [1.29, 1.82) is 0 Å². The van der Waals surface area contributed by atoms with Gasteiger partial charge in [0, 0.05) is 11.6 Å². The first-order chi connectivity index (χ1) is 5.90. The molecule has 56 valence electrons. The summed E-state index contributed by atoms with van der Waals surface area (Å²) in [5.74, 6) is 2.51. The molecule has 1 nitrogen and oxygen atoms in total. The summed E-state index contributed by atoms with van der Waals surface area (Å²) in [5.41, 5.74) is 0.689. The van der Waals surface area contributed by atoms with E-state index in [4.69, 9.17) is 6.42 Å². The molecule has 0 atom stereocenters. The number of fused-ring (bicyclic) bond motifs is 1. The van der Waals surface area contributed by atoms with E-state index in [1.807, 2.05) is 30.3 Å². The number of terminal acetylenes is 1. The second-order valence-corrected chi connectivity index (χ2v) is 2.56. The molecule has 0 fully saturated rings. The van der Waals surface area contributed by atoms with Crippen LogP contribution in [0.5, 0.6) is 0 Å². The first-order valence-corrected chi connectivity index (χ1v) is 3.71. The summed E-state index contributed by atoms with van der Waals surface area (Å²) in [6.07, 6.45) is 7.02. The molecule has 0 spiro atoms. The van der Waals surface area contributed by atoms with Crippen LogP contribution in [0.3, 0.4) is 0 Å². The molecule has 0 N–H and O–H groups in total. The molecule has 1 heteroatoms. The summed E-state index contributed by atoms with van der Waals surface area (Å²) in [5, 5.41) is 2.26. The van der Waals surface area contributed by atoms with Crippen molar-refractivity contribution in [2.75, 3.05) is 0 Å². The van der Waals surface area contributed by atoms with Crippen LogP contribution in [0, 0.1) is 12.3 Å². The highest BCUT2D eigenvalue weighted by molar-refractivity contribution is 5.82. The molecule has 0 unspecified atom stereocenters. The minimum atomic E-state index is 0.689. The average molecular weight is 153 g/mol. The van der Waals surface area contributed by atoms with Gasteiger partial charge >= 0.3 is 0 Å². The number of rotatable bonds is 0. The van der Waals surface area contributed by atoms with Crippen LogP contribution in [-0.2, 0) is 0 Å². The molecule has 1 aromatic heterocycles. The van der Waals surface area contributed by atoms with Crippen molar-refractivity contribution >= 4 is 10.8 Å². The second kappa shape index (κ2) is 2.67. The van der Waals surface area contributed by atoms with Crippen LogP contribution in [0.4, 0.5) is 0 Å². The minimum Gasteiger partial charge on any atom is -0.247 e. The molecule has 0 saturated carbocycles. The molecule has 2 aromatic rings. The smallest absolute Gasteiger partial charge is 0.113 e. The maximum atomic E-state index is 5.23. The Morgan fingerprint density at radius 3 is 2.67 bits per heavy atom. The molecule has 12 heavy (non-hydrogen) atoms. The van der Waals surface area contributed by atoms with E-state index in [0.717, 1.165) is 10.8 Å². The molecule has 0 bridgehead atoms. The zero-order valence-electron chi connectivity index (χ0n) is 6.49. The Balaban J connectivity index is 2.78. The quantitative estimate of drug-likeness (QED) is 0.529. The van der Waals surface area contributed by atoms with E-state index in [2.05, 4.69) is 10.9 Å². The molecule has 0 aliphatic heterocycles. The first-order valence-electron chi connectivity index (χ1n) is 3.71. The van der Waals surface area contributed by atoms with Crippen molar-refractivity contribution in [3.8, 4) is 12.3 Å². The van der Waals surface area contributed by atoms with E-state index in [0.29, 0.717) is 5.69 Å². The highest BCUT2D eigenvalue weighted by Crippen LogP contribution is 2.12. The third kappa shape index (κ3) is 1.04. The average Bonchev–Trinajstić information content (AvgIpc) is 2.17. The third-order valence-electron chi connectivity index (χ3n) is 1.78. The second-order valence-electron chi connectivity index (χ2n) is 2.56. The van der Waals surface area contributed by atoms with Gasteiger partial charge in [0.1, 0.15) is 5.69 Å². The Morgan fingerprint density at radius 2 is 1.92 bits per heavy atom. The normalized spacial score (nSPS) is 9.58. The van der Waals surface area contributed by atoms with Gasteiger partial charge in [-0.25, -0.2) is 4.98 Å². The fraction of sp³-hybridized carbons (Fsp3) is 0. The Kier molecular flexibility index (Phi) is 1.53.